The average Bonchev–Trinajstić information content (AvgIpc) is 3.25. The molecule has 0 radical (unpaired) electrons. The number of hydrogen-bond donors (Lipinski definition) is 1. The number of carbonyl (C=O) groups excluding carboxylic acids is 2. The Morgan fingerprint density at radius 2 is 2.00 bits per heavy atom. The fraction of sp³-hybridized carbons (Fsp3) is 0.0909. The first-order valence-corrected chi connectivity index (χ1v) is 10.8. The van der Waals surface area contributed by atoms with Crippen LogP contribution in [0.15, 0.2) is 71.1 Å². The van der Waals surface area contributed by atoms with Crippen molar-refractivity contribution in [2.45, 2.75) is 6.92 Å². The standard InChI is InChI=1S/C22H18N4O2S2/c1-3-12-26-20(28)19(13-15-8-10-16(11-9-15)23-14(2)27)30-22(26)25-21-24-17-6-4-5-7-18(17)29-21/h3-11,13H,1,12H2,2H3,(H,23,27)/b19-13-,25-22-. The van der Waals surface area contributed by atoms with Crippen molar-refractivity contribution in [1.29, 1.82) is 0 Å². The highest BCUT2D eigenvalue weighted by Crippen LogP contribution is 2.36. The van der Waals surface area contributed by atoms with Crippen molar-refractivity contribution in [2.24, 2.45) is 4.99 Å². The monoisotopic (exact) mass is 434 g/mol. The number of para-hydroxylation sites is 1. The van der Waals surface area contributed by atoms with E-state index in [9.17, 15) is 9.59 Å². The number of hydrogen-bond acceptors (Lipinski definition) is 6. The lowest BCUT2D eigenvalue weighted by atomic mass is 10.2. The number of aromatic nitrogens is 1. The van der Waals surface area contributed by atoms with Crippen LogP contribution >= 0.6 is 23.1 Å². The van der Waals surface area contributed by atoms with E-state index < -0.39 is 0 Å². The molecule has 150 valence electrons. The number of fused-ring (bicyclic) bond motifs is 1. The Balaban J connectivity index is 1.62. The van der Waals surface area contributed by atoms with Crippen LogP contribution in [0.2, 0.25) is 0 Å². The van der Waals surface area contributed by atoms with Crippen LogP contribution < -0.4 is 5.32 Å². The van der Waals surface area contributed by atoms with Gasteiger partial charge in [-0.25, -0.2) is 4.98 Å². The number of thiazole rings is 1. The molecule has 2 amide bonds. The quantitative estimate of drug-likeness (QED) is 0.451. The molecule has 0 unspecified atom stereocenters. The van der Waals surface area contributed by atoms with E-state index in [1.54, 1.807) is 23.1 Å². The number of benzene rings is 2. The van der Waals surface area contributed by atoms with Gasteiger partial charge in [-0.2, -0.15) is 4.99 Å². The fourth-order valence-corrected chi connectivity index (χ4v) is 4.77. The molecule has 3 aromatic rings. The third-order valence-corrected chi connectivity index (χ3v) is 6.14. The number of aliphatic imine (C=N–C) groups is 1. The lowest BCUT2D eigenvalue weighted by Gasteiger charge is -2.11. The molecule has 30 heavy (non-hydrogen) atoms. The third-order valence-electron chi connectivity index (χ3n) is 4.20. The van der Waals surface area contributed by atoms with E-state index in [1.165, 1.54) is 30.0 Å². The number of amidine groups is 1. The SMILES string of the molecule is C=CCN1C(=O)/C(=C/c2ccc(NC(C)=O)cc2)S/C1=N\c1nc2ccccc2s1. The number of nitrogens with zero attached hydrogens (tertiary/aromatic N) is 3. The molecule has 1 fully saturated rings. The highest BCUT2D eigenvalue weighted by atomic mass is 32.2. The first-order valence-electron chi connectivity index (χ1n) is 9.18. The average molecular weight is 435 g/mol. The Bertz CT molecular complexity index is 1160. The summed E-state index contributed by atoms with van der Waals surface area (Å²) in [6.45, 7) is 5.58. The zero-order valence-corrected chi connectivity index (χ0v) is 17.8. The smallest absolute Gasteiger partial charge is 0.267 e. The van der Waals surface area contributed by atoms with Gasteiger partial charge in [0.05, 0.1) is 15.1 Å². The minimum Gasteiger partial charge on any atom is -0.326 e. The van der Waals surface area contributed by atoms with Crippen LogP contribution in [-0.2, 0) is 9.59 Å². The number of carbonyl (C=O) groups is 2. The summed E-state index contributed by atoms with van der Waals surface area (Å²) in [5.41, 5.74) is 2.46. The van der Waals surface area contributed by atoms with Gasteiger partial charge in [-0.15, -0.1) is 6.58 Å². The lowest BCUT2D eigenvalue weighted by Crippen LogP contribution is -2.29. The van der Waals surface area contributed by atoms with Crippen molar-refractivity contribution in [3.8, 4) is 0 Å². The molecule has 2 aromatic carbocycles. The summed E-state index contributed by atoms with van der Waals surface area (Å²) < 4.78 is 1.05. The van der Waals surface area contributed by atoms with E-state index in [-0.39, 0.29) is 11.8 Å². The van der Waals surface area contributed by atoms with Crippen molar-refractivity contribution in [3.63, 3.8) is 0 Å². The molecule has 6 nitrogen and oxygen atoms in total. The van der Waals surface area contributed by atoms with Crippen LogP contribution in [0, 0.1) is 0 Å². The number of anilines is 1. The molecular formula is C22H18N4O2S2. The molecule has 2 heterocycles. The van der Waals surface area contributed by atoms with Crippen LogP contribution in [0.1, 0.15) is 12.5 Å². The van der Waals surface area contributed by atoms with Gasteiger partial charge in [0.15, 0.2) is 5.17 Å². The van der Waals surface area contributed by atoms with E-state index in [2.05, 4.69) is 21.9 Å². The summed E-state index contributed by atoms with van der Waals surface area (Å²) in [7, 11) is 0. The van der Waals surface area contributed by atoms with Crippen LogP contribution in [0.5, 0.6) is 0 Å². The van der Waals surface area contributed by atoms with Gasteiger partial charge in [0.1, 0.15) is 0 Å². The molecular weight excluding hydrogens is 416 g/mol. The zero-order chi connectivity index (χ0) is 21.1. The van der Waals surface area contributed by atoms with Crippen LogP contribution in [0.4, 0.5) is 10.8 Å². The molecule has 1 saturated heterocycles. The second kappa shape index (κ2) is 8.64. The van der Waals surface area contributed by atoms with E-state index in [0.717, 1.165) is 15.8 Å². The van der Waals surface area contributed by atoms with Crippen molar-refractivity contribution < 1.29 is 9.59 Å². The molecule has 8 heteroatoms. The second-order valence-electron chi connectivity index (χ2n) is 6.48. The summed E-state index contributed by atoms with van der Waals surface area (Å²) in [6, 6.07) is 15.2. The maximum Gasteiger partial charge on any atom is 0.267 e. The Kier molecular flexibility index (Phi) is 5.78. The molecule has 1 aliphatic rings. The van der Waals surface area contributed by atoms with Crippen molar-refractivity contribution in [3.05, 3.63) is 71.7 Å². The highest BCUT2D eigenvalue weighted by Gasteiger charge is 2.32. The molecule has 0 saturated carbocycles. The molecule has 0 spiro atoms. The van der Waals surface area contributed by atoms with Crippen molar-refractivity contribution >= 4 is 67.2 Å². The van der Waals surface area contributed by atoms with Gasteiger partial charge < -0.3 is 5.32 Å². The Morgan fingerprint density at radius 1 is 1.23 bits per heavy atom. The minimum absolute atomic E-state index is 0.120. The Labute approximate surface area is 182 Å². The van der Waals surface area contributed by atoms with Crippen LogP contribution in [0.3, 0.4) is 0 Å². The predicted octanol–water partition coefficient (Wildman–Crippen LogP) is 5.04. The number of nitrogens with one attached hydrogen (secondary N) is 1. The lowest BCUT2D eigenvalue weighted by molar-refractivity contribution is -0.121. The minimum atomic E-state index is -0.126. The topological polar surface area (TPSA) is 74.7 Å². The highest BCUT2D eigenvalue weighted by molar-refractivity contribution is 8.18. The number of thioether (sulfide) groups is 1. The normalized spacial score (nSPS) is 16.6. The molecule has 0 aliphatic carbocycles. The number of amides is 2. The van der Waals surface area contributed by atoms with Crippen molar-refractivity contribution in [1.82, 2.24) is 9.88 Å². The second-order valence-corrected chi connectivity index (χ2v) is 8.50. The summed E-state index contributed by atoms with van der Waals surface area (Å²) in [5, 5.41) is 3.92. The Morgan fingerprint density at radius 3 is 2.70 bits per heavy atom. The third kappa shape index (κ3) is 4.34. The summed E-state index contributed by atoms with van der Waals surface area (Å²) in [6.07, 6.45) is 3.50. The van der Waals surface area contributed by atoms with E-state index in [4.69, 9.17) is 0 Å². The molecule has 4 rings (SSSR count). The van der Waals surface area contributed by atoms with E-state index in [0.29, 0.717) is 27.4 Å². The van der Waals surface area contributed by atoms with Crippen LogP contribution in [0.25, 0.3) is 16.3 Å². The molecule has 1 aliphatic heterocycles. The van der Waals surface area contributed by atoms with E-state index in [1.807, 2.05) is 42.5 Å². The maximum absolute atomic E-state index is 12.9. The van der Waals surface area contributed by atoms with Gasteiger partial charge >= 0.3 is 0 Å². The first kappa shape index (κ1) is 20.1. The maximum atomic E-state index is 12.9. The summed E-state index contributed by atoms with van der Waals surface area (Å²) in [5.74, 6) is -0.246. The molecule has 1 N–H and O–H groups in total. The summed E-state index contributed by atoms with van der Waals surface area (Å²) >= 11 is 2.81. The fourth-order valence-electron chi connectivity index (χ4n) is 2.89. The van der Waals surface area contributed by atoms with Crippen LogP contribution in [-0.4, -0.2) is 33.4 Å². The zero-order valence-electron chi connectivity index (χ0n) is 16.2. The largest absolute Gasteiger partial charge is 0.326 e. The Hall–Kier alpha value is -3.23. The van der Waals surface area contributed by atoms with Gasteiger partial charge in [0.25, 0.3) is 5.91 Å². The van der Waals surface area contributed by atoms with E-state index >= 15 is 0 Å². The van der Waals surface area contributed by atoms with Gasteiger partial charge in [-0.05, 0) is 47.7 Å². The van der Waals surface area contributed by atoms with Gasteiger partial charge in [-0.3, -0.25) is 14.5 Å². The van der Waals surface area contributed by atoms with Gasteiger partial charge in [0, 0.05) is 19.2 Å². The van der Waals surface area contributed by atoms with Gasteiger partial charge in [0.2, 0.25) is 11.0 Å². The molecule has 1 aromatic heterocycles. The first-order chi connectivity index (χ1) is 14.5. The summed E-state index contributed by atoms with van der Waals surface area (Å²) in [4.78, 5) is 35.4. The predicted molar refractivity (Wildman–Crippen MR) is 125 cm³/mol. The number of rotatable bonds is 5. The van der Waals surface area contributed by atoms with Gasteiger partial charge in [-0.1, -0.05) is 41.7 Å². The molecule has 0 bridgehead atoms. The van der Waals surface area contributed by atoms with Crippen molar-refractivity contribution in [2.75, 3.05) is 11.9 Å². The molecule has 0 atom stereocenters.